The van der Waals surface area contributed by atoms with Gasteiger partial charge in [-0.05, 0) is 31.9 Å². The molecule has 1 rings (SSSR count). The molecule has 0 saturated heterocycles. The summed E-state index contributed by atoms with van der Waals surface area (Å²) in [7, 11) is 1.63. The molecule has 0 bridgehead atoms. The lowest BCUT2D eigenvalue weighted by Crippen LogP contribution is -2.09. The average Bonchev–Trinajstić information content (AvgIpc) is 2.40. The predicted octanol–water partition coefficient (Wildman–Crippen LogP) is 3.27. The van der Waals surface area contributed by atoms with Crippen molar-refractivity contribution >= 4 is 11.7 Å². The van der Waals surface area contributed by atoms with Crippen LogP contribution < -0.4 is 10.1 Å². The van der Waals surface area contributed by atoms with E-state index in [9.17, 15) is 4.79 Å². The molecule has 0 aliphatic carbocycles. The Kier molecular flexibility index (Phi) is 5.93. The number of hydrogen-bond acceptors (Lipinski definition) is 4. The molecular weight excluding hydrogens is 242 g/mol. The lowest BCUT2D eigenvalue weighted by Gasteiger charge is -2.11. The number of esters is 1. The third kappa shape index (κ3) is 4.02. The van der Waals surface area contributed by atoms with Crippen molar-refractivity contribution in [2.75, 3.05) is 19.0 Å². The standard InChI is InChI=1S/C15H21NO3/c1-5-12(15(17)19-6-2)10-16-13-9-7-8-11(3)14(13)18-4/h7-10,16H,5-6H2,1-4H3/b12-10+. The zero-order chi connectivity index (χ0) is 14.3. The Labute approximate surface area is 114 Å². The fourth-order valence-electron chi connectivity index (χ4n) is 1.73. The summed E-state index contributed by atoms with van der Waals surface area (Å²) in [4.78, 5) is 11.7. The summed E-state index contributed by atoms with van der Waals surface area (Å²) in [5.74, 6) is 0.488. The highest BCUT2D eigenvalue weighted by molar-refractivity contribution is 5.88. The molecule has 0 aliphatic heterocycles. The van der Waals surface area contributed by atoms with Crippen LogP contribution in [0.2, 0.25) is 0 Å². The minimum Gasteiger partial charge on any atom is -0.494 e. The number of para-hydroxylation sites is 1. The molecule has 0 aliphatic rings. The van der Waals surface area contributed by atoms with Gasteiger partial charge in [-0.2, -0.15) is 0 Å². The molecule has 0 aromatic heterocycles. The van der Waals surface area contributed by atoms with Gasteiger partial charge >= 0.3 is 5.97 Å². The molecule has 0 radical (unpaired) electrons. The number of ether oxygens (including phenoxy) is 2. The van der Waals surface area contributed by atoms with Gasteiger partial charge in [-0.1, -0.05) is 19.1 Å². The molecule has 1 aromatic carbocycles. The Morgan fingerprint density at radius 3 is 2.68 bits per heavy atom. The van der Waals surface area contributed by atoms with Gasteiger partial charge in [0, 0.05) is 6.20 Å². The zero-order valence-corrected chi connectivity index (χ0v) is 11.9. The van der Waals surface area contributed by atoms with E-state index < -0.39 is 0 Å². The first-order valence-electron chi connectivity index (χ1n) is 6.40. The summed E-state index contributed by atoms with van der Waals surface area (Å²) >= 11 is 0. The maximum absolute atomic E-state index is 11.7. The molecule has 0 unspecified atom stereocenters. The normalized spacial score (nSPS) is 11.1. The highest BCUT2D eigenvalue weighted by atomic mass is 16.5. The van der Waals surface area contributed by atoms with Crippen molar-refractivity contribution in [3.63, 3.8) is 0 Å². The lowest BCUT2D eigenvalue weighted by molar-refractivity contribution is -0.138. The molecule has 4 heteroatoms. The van der Waals surface area contributed by atoms with Crippen molar-refractivity contribution < 1.29 is 14.3 Å². The van der Waals surface area contributed by atoms with E-state index in [0.717, 1.165) is 17.0 Å². The summed E-state index contributed by atoms with van der Waals surface area (Å²) in [6.07, 6.45) is 2.29. The molecular formula is C15H21NO3. The fraction of sp³-hybridized carbons (Fsp3) is 0.400. The van der Waals surface area contributed by atoms with Crippen LogP contribution in [0.15, 0.2) is 30.0 Å². The van der Waals surface area contributed by atoms with Crippen LogP contribution in [-0.4, -0.2) is 19.7 Å². The van der Waals surface area contributed by atoms with Crippen LogP contribution in [0, 0.1) is 6.92 Å². The van der Waals surface area contributed by atoms with Crippen molar-refractivity contribution in [3.8, 4) is 5.75 Å². The number of rotatable bonds is 6. The minimum atomic E-state index is -0.288. The van der Waals surface area contributed by atoms with Crippen LogP contribution in [0.4, 0.5) is 5.69 Å². The van der Waals surface area contributed by atoms with E-state index >= 15 is 0 Å². The third-order valence-electron chi connectivity index (χ3n) is 2.74. The molecule has 104 valence electrons. The second-order valence-electron chi connectivity index (χ2n) is 4.04. The Bertz CT molecular complexity index is 466. The minimum absolute atomic E-state index is 0.288. The van der Waals surface area contributed by atoms with Gasteiger partial charge in [-0.3, -0.25) is 0 Å². The molecule has 1 aromatic rings. The third-order valence-corrected chi connectivity index (χ3v) is 2.74. The Hall–Kier alpha value is -1.97. The van der Waals surface area contributed by atoms with E-state index in [0.29, 0.717) is 18.6 Å². The molecule has 0 spiro atoms. The summed E-state index contributed by atoms with van der Waals surface area (Å²) in [6, 6.07) is 5.81. The van der Waals surface area contributed by atoms with Crippen LogP contribution in [0.1, 0.15) is 25.8 Å². The van der Waals surface area contributed by atoms with Gasteiger partial charge in [0.2, 0.25) is 0 Å². The predicted molar refractivity (Wildman–Crippen MR) is 76.4 cm³/mol. The number of carbonyl (C=O) groups is 1. The van der Waals surface area contributed by atoms with E-state index in [4.69, 9.17) is 9.47 Å². The highest BCUT2D eigenvalue weighted by Crippen LogP contribution is 2.28. The average molecular weight is 263 g/mol. The second kappa shape index (κ2) is 7.46. The maximum atomic E-state index is 11.7. The number of carbonyl (C=O) groups excluding carboxylic acids is 1. The van der Waals surface area contributed by atoms with E-state index in [1.54, 1.807) is 20.2 Å². The second-order valence-corrected chi connectivity index (χ2v) is 4.04. The quantitative estimate of drug-likeness (QED) is 0.632. The highest BCUT2D eigenvalue weighted by Gasteiger charge is 2.09. The van der Waals surface area contributed by atoms with Crippen LogP contribution in [0.3, 0.4) is 0 Å². The molecule has 0 saturated carbocycles. The van der Waals surface area contributed by atoms with Gasteiger partial charge in [-0.25, -0.2) is 4.79 Å². The van der Waals surface area contributed by atoms with Gasteiger partial charge in [0.05, 0.1) is 25.0 Å². The first-order valence-corrected chi connectivity index (χ1v) is 6.40. The summed E-state index contributed by atoms with van der Waals surface area (Å²) < 4.78 is 10.3. The number of aryl methyl sites for hydroxylation is 1. The van der Waals surface area contributed by atoms with Crippen molar-refractivity contribution in [1.29, 1.82) is 0 Å². The monoisotopic (exact) mass is 263 g/mol. The molecule has 0 fully saturated rings. The van der Waals surface area contributed by atoms with Gasteiger partial charge in [-0.15, -0.1) is 0 Å². The molecule has 1 N–H and O–H groups in total. The van der Waals surface area contributed by atoms with Crippen LogP contribution in [-0.2, 0) is 9.53 Å². The number of anilines is 1. The van der Waals surface area contributed by atoms with Crippen LogP contribution in [0.5, 0.6) is 5.75 Å². The molecule has 4 nitrogen and oxygen atoms in total. The molecule has 0 atom stereocenters. The number of methoxy groups -OCH3 is 1. The van der Waals surface area contributed by atoms with E-state index in [-0.39, 0.29) is 5.97 Å². The first kappa shape index (κ1) is 15.1. The largest absolute Gasteiger partial charge is 0.494 e. The zero-order valence-electron chi connectivity index (χ0n) is 11.9. The fourth-order valence-corrected chi connectivity index (χ4v) is 1.73. The van der Waals surface area contributed by atoms with Crippen molar-refractivity contribution in [3.05, 3.63) is 35.5 Å². The van der Waals surface area contributed by atoms with Crippen molar-refractivity contribution in [2.24, 2.45) is 0 Å². The topological polar surface area (TPSA) is 47.6 Å². The first-order chi connectivity index (χ1) is 9.13. The molecule has 0 amide bonds. The van der Waals surface area contributed by atoms with Crippen LogP contribution >= 0.6 is 0 Å². The van der Waals surface area contributed by atoms with Gasteiger partial charge in [0.25, 0.3) is 0 Å². The van der Waals surface area contributed by atoms with Gasteiger partial charge in [0.15, 0.2) is 0 Å². The van der Waals surface area contributed by atoms with Crippen LogP contribution in [0.25, 0.3) is 0 Å². The van der Waals surface area contributed by atoms with E-state index in [2.05, 4.69) is 5.32 Å². The summed E-state index contributed by atoms with van der Waals surface area (Å²) in [5, 5.41) is 3.11. The molecule has 0 heterocycles. The van der Waals surface area contributed by atoms with Gasteiger partial charge < -0.3 is 14.8 Å². The van der Waals surface area contributed by atoms with Gasteiger partial charge in [0.1, 0.15) is 5.75 Å². The SMILES string of the molecule is CCOC(=O)/C(=C/Nc1cccc(C)c1OC)CC. The van der Waals surface area contributed by atoms with E-state index in [1.807, 2.05) is 32.0 Å². The Balaban J connectivity index is 2.90. The van der Waals surface area contributed by atoms with Crippen molar-refractivity contribution in [1.82, 2.24) is 0 Å². The lowest BCUT2D eigenvalue weighted by atomic mass is 10.2. The summed E-state index contributed by atoms with van der Waals surface area (Å²) in [6.45, 7) is 6.06. The number of benzene rings is 1. The summed E-state index contributed by atoms with van der Waals surface area (Å²) in [5.41, 5.74) is 2.47. The maximum Gasteiger partial charge on any atom is 0.335 e. The smallest absolute Gasteiger partial charge is 0.335 e. The Morgan fingerprint density at radius 1 is 1.37 bits per heavy atom. The van der Waals surface area contributed by atoms with E-state index in [1.165, 1.54) is 0 Å². The Morgan fingerprint density at radius 2 is 2.11 bits per heavy atom. The number of nitrogens with one attached hydrogen (secondary N) is 1. The molecule has 19 heavy (non-hydrogen) atoms. The van der Waals surface area contributed by atoms with Crippen molar-refractivity contribution in [2.45, 2.75) is 27.2 Å². The number of hydrogen-bond donors (Lipinski definition) is 1.